The molecule has 1 N–H and O–H groups in total. The zero-order valence-corrected chi connectivity index (χ0v) is 16.7. The Balaban J connectivity index is 1.80. The Labute approximate surface area is 169 Å². The summed E-state index contributed by atoms with van der Waals surface area (Å²) in [5.41, 5.74) is 2.84. The fraction of sp³-hybridized carbons (Fsp3) is 0.190. The van der Waals surface area contributed by atoms with Crippen molar-refractivity contribution in [3.8, 4) is 5.75 Å². The van der Waals surface area contributed by atoms with Crippen LogP contribution in [0.15, 0.2) is 54.9 Å². The summed E-state index contributed by atoms with van der Waals surface area (Å²) in [5, 5.41) is 3.72. The second-order valence-corrected chi connectivity index (χ2v) is 6.51. The number of methoxy groups -OCH3 is 1. The van der Waals surface area contributed by atoms with Crippen molar-refractivity contribution in [3.63, 3.8) is 0 Å². The van der Waals surface area contributed by atoms with Gasteiger partial charge in [0.25, 0.3) is 5.91 Å². The average molecular weight is 397 g/mol. The van der Waals surface area contributed by atoms with E-state index in [1.807, 2.05) is 50.2 Å². The maximum absolute atomic E-state index is 12.8. The van der Waals surface area contributed by atoms with Gasteiger partial charge in [-0.2, -0.15) is 0 Å². The lowest BCUT2D eigenvalue weighted by molar-refractivity contribution is 0.0987. The lowest BCUT2D eigenvalue weighted by atomic mass is 10.2. The van der Waals surface area contributed by atoms with Crippen molar-refractivity contribution in [1.82, 2.24) is 9.97 Å². The highest BCUT2D eigenvalue weighted by atomic mass is 35.5. The minimum absolute atomic E-state index is 0.153. The third-order valence-corrected chi connectivity index (χ3v) is 4.66. The van der Waals surface area contributed by atoms with Crippen LogP contribution in [-0.4, -0.2) is 29.5 Å². The number of hydrogen-bond donors (Lipinski definition) is 1. The summed E-state index contributed by atoms with van der Waals surface area (Å²) in [7, 11) is 1.57. The topological polar surface area (TPSA) is 67.4 Å². The van der Waals surface area contributed by atoms with E-state index in [0.717, 1.165) is 11.3 Å². The first-order valence-electron chi connectivity index (χ1n) is 8.83. The minimum Gasteiger partial charge on any atom is -0.495 e. The molecule has 0 bridgehead atoms. The molecule has 0 aliphatic carbocycles. The number of hydrogen-bond acceptors (Lipinski definition) is 5. The van der Waals surface area contributed by atoms with E-state index in [2.05, 4.69) is 15.3 Å². The summed E-state index contributed by atoms with van der Waals surface area (Å²) in [6.07, 6.45) is 3.02. The number of aromatic nitrogens is 2. The molecule has 0 spiro atoms. The molecule has 1 aromatic heterocycles. The lowest BCUT2D eigenvalue weighted by Crippen LogP contribution is -2.30. The van der Waals surface area contributed by atoms with E-state index in [9.17, 15) is 4.79 Å². The number of carbonyl (C=O) groups is 1. The monoisotopic (exact) mass is 396 g/mol. The van der Waals surface area contributed by atoms with Gasteiger partial charge in [-0.1, -0.05) is 29.8 Å². The third kappa shape index (κ3) is 4.23. The number of amides is 1. The summed E-state index contributed by atoms with van der Waals surface area (Å²) in [6.45, 7) is 4.37. The largest absolute Gasteiger partial charge is 0.495 e. The molecule has 0 aliphatic heterocycles. The van der Waals surface area contributed by atoms with E-state index in [1.54, 1.807) is 18.1 Å². The molecule has 3 rings (SSSR count). The van der Waals surface area contributed by atoms with Gasteiger partial charge in [-0.25, -0.2) is 9.97 Å². The molecule has 1 amide bonds. The van der Waals surface area contributed by atoms with Crippen molar-refractivity contribution in [3.05, 3.63) is 71.0 Å². The van der Waals surface area contributed by atoms with Crippen LogP contribution in [0.3, 0.4) is 0 Å². The number of para-hydroxylation sites is 1. The number of carbonyl (C=O) groups excluding carboxylic acids is 1. The second kappa shape index (κ2) is 8.71. The van der Waals surface area contributed by atoms with Gasteiger partial charge in [-0.3, -0.25) is 4.79 Å². The van der Waals surface area contributed by atoms with Gasteiger partial charge in [-0.05, 0) is 37.6 Å². The molecule has 2 aromatic carbocycles. The summed E-state index contributed by atoms with van der Waals surface area (Å²) >= 11 is 6.14. The molecule has 0 aliphatic rings. The number of ether oxygens (including phenoxy) is 1. The summed E-state index contributed by atoms with van der Waals surface area (Å²) in [4.78, 5) is 23.0. The van der Waals surface area contributed by atoms with Gasteiger partial charge in [0.2, 0.25) is 5.95 Å². The highest BCUT2D eigenvalue weighted by Gasteiger charge is 2.17. The summed E-state index contributed by atoms with van der Waals surface area (Å²) in [5.74, 6) is 0.792. The van der Waals surface area contributed by atoms with E-state index in [4.69, 9.17) is 16.3 Å². The highest BCUT2D eigenvalue weighted by molar-refractivity contribution is 6.31. The zero-order chi connectivity index (χ0) is 20.1. The van der Waals surface area contributed by atoms with E-state index < -0.39 is 0 Å². The molecule has 7 heteroatoms. The Hall–Kier alpha value is -3.12. The smallest absolute Gasteiger partial charge is 0.261 e. The Morgan fingerprint density at radius 3 is 2.46 bits per heavy atom. The molecule has 3 aromatic rings. The van der Waals surface area contributed by atoms with Crippen LogP contribution >= 0.6 is 11.6 Å². The predicted molar refractivity (Wildman–Crippen MR) is 112 cm³/mol. The molecule has 6 nitrogen and oxygen atoms in total. The van der Waals surface area contributed by atoms with Crippen LogP contribution in [0.4, 0.5) is 17.3 Å². The van der Waals surface area contributed by atoms with Crippen molar-refractivity contribution in [1.29, 1.82) is 0 Å². The quantitative estimate of drug-likeness (QED) is 0.644. The summed E-state index contributed by atoms with van der Waals surface area (Å²) < 4.78 is 5.35. The normalized spacial score (nSPS) is 10.4. The van der Waals surface area contributed by atoms with Crippen LogP contribution in [0.5, 0.6) is 5.75 Å². The number of nitrogens with zero attached hydrogens (tertiary/aromatic N) is 3. The number of nitrogens with one attached hydrogen (secondary N) is 1. The third-order valence-electron chi connectivity index (χ3n) is 4.26. The number of halogens is 1. The molecule has 0 unspecified atom stereocenters. The van der Waals surface area contributed by atoms with Crippen LogP contribution in [0.2, 0.25) is 5.02 Å². The van der Waals surface area contributed by atoms with Gasteiger partial charge < -0.3 is 15.0 Å². The van der Waals surface area contributed by atoms with E-state index in [1.165, 1.54) is 12.4 Å². The van der Waals surface area contributed by atoms with Gasteiger partial charge in [0.1, 0.15) is 5.75 Å². The molecule has 0 radical (unpaired) electrons. The zero-order valence-electron chi connectivity index (χ0n) is 15.9. The SMILES string of the molecule is CCN(C(=O)c1cnc(Nc2cc(C)c(Cl)cc2OC)nc1)c1ccccc1. The Bertz CT molecular complexity index is 962. The van der Waals surface area contributed by atoms with Gasteiger partial charge in [0, 0.05) is 35.7 Å². The van der Waals surface area contributed by atoms with Gasteiger partial charge in [-0.15, -0.1) is 0 Å². The molecular weight excluding hydrogens is 376 g/mol. The van der Waals surface area contributed by atoms with E-state index in [-0.39, 0.29) is 5.91 Å². The van der Waals surface area contributed by atoms with Gasteiger partial charge in [0.05, 0.1) is 18.4 Å². The van der Waals surface area contributed by atoms with Crippen molar-refractivity contribution in [2.45, 2.75) is 13.8 Å². The second-order valence-electron chi connectivity index (χ2n) is 6.11. The van der Waals surface area contributed by atoms with Gasteiger partial charge in [0.15, 0.2) is 0 Å². The van der Waals surface area contributed by atoms with Crippen LogP contribution < -0.4 is 15.0 Å². The van der Waals surface area contributed by atoms with Crippen molar-refractivity contribution < 1.29 is 9.53 Å². The Morgan fingerprint density at radius 2 is 1.86 bits per heavy atom. The molecule has 0 fully saturated rings. The number of anilines is 3. The Morgan fingerprint density at radius 1 is 1.18 bits per heavy atom. The molecule has 1 heterocycles. The van der Waals surface area contributed by atoms with Gasteiger partial charge >= 0.3 is 0 Å². The number of aryl methyl sites for hydroxylation is 1. The average Bonchev–Trinajstić information content (AvgIpc) is 2.72. The molecule has 28 heavy (non-hydrogen) atoms. The maximum Gasteiger partial charge on any atom is 0.261 e. The maximum atomic E-state index is 12.8. The lowest BCUT2D eigenvalue weighted by Gasteiger charge is -2.20. The first-order chi connectivity index (χ1) is 13.5. The standard InChI is InChI=1S/C21H21ClN4O2/c1-4-26(16-8-6-5-7-9-16)20(27)15-12-23-21(24-13-15)25-18-10-14(2)17(22)11-19(18)28-3/h5-13H,4H2,1-3H3,(H,23,24,25). The first kappa shape index (κ1) is 19.6. The predicted octanol–water partition coefficient (Wildman–Crippen LogP) is 4.86. The highest BCUT2D eigenvalue weighted by Crippen LogP contribution is 2.32. The molecule has 144 valence electrons. The number of rotatable bonds is 6. The van der Waals surface area contributed by atoms with Crippen LogP contribution in [0.1, 0.15) is 22.8 Å². The molecular formula is C21H21ClN4O2. The minimum atomic E-state index is -0.153. The van der Waals surface area contributed by atoms with Crippen molar-refractivity contribution >= 4 is 34.8 Å². The van der Waals surface area contributed by atoms with Crippen molar-refractivity contribution in [2.75, 3.05) is 23.9 Å². The fourth-order valence-corrected chi connectivity index (χ4v) is 2.91. The van der Waals surface area contributed by atoms with E-state index in [0.29, 0.717) is 34.5 Å². The number of benzene rings is 2. The van der Waals surface area contributed by atoms with Crippen LogP contribution in [0, 0.1) is 6.92 Å². The first-order valence-corrected chi connectivity index (χ1v) is 9.21. The fourth-order valence-electron chi connectivity index (χ4n) is 2.76. The summed E-state index contributed by atoms with van der Waals surface area (Å²) in [6, 6.07) is 13.1. The van der Waals surface area contributed by atoms with E-state index >= 15 is 0 Å². The van der Waals surface area contributed by atoms with Crippen LogP contribution in [-0.2, 0) is 0 Å². The van der Waals surface area contributed by atoms with Crippen molar-refractivity contribution in [2.24, 2.45) is 0 Å². The molecule has 0 saturated heterocycles. The molecule has 0 atom stereocenters. The molecule has 0 saturated carbocycles. The Kier molecular flexibility index (Phi) is 6.11. The van der Waals surface area contributed by atoms with Crippen LogP contribution in [0.25, 0.3) is 0 Å².